The van der Waals surface area contributed by atoms with E-state index in [1.807, 2.05) is 30.3 Å². The van der Waals surface area contributed by atoms with Crippen molar-refractivity contribution in [3.8, 4) is 11.5 Å². The fourth-order valence-corrected chi connectivity index (χ4v) is 5.02. The van der Waals surface area contributed by atoms with Crippen molar-refractivity contribution in [3.05, 3.63) is 83.9 Å². The van der Waals surface area contributed by atoms with E-state index in [2.05, 4.69) is 10.0 Å². The monoisotopic (exact) mass is 466 g/mol. The normalized spacial score (nSPS) is 14.2. The zero-order valence-corrected chi connectivity index (χ0v) is 19.3. The third-order valence-electron chi connectivity index (χ3n) is 5.83. The third kappa shape index (κ3) is 4.80. The Hall–Kier alpha value is -3.52. The molecule has 0 aromatic heterocycles. The first kappa shape index (κ1) is 22.7. The van der Waals surface area contributed by atoms with E-state index in [0.29, 0.717) is 18.0 Å². The van der Waals surface area contributed by atoms with E-state index in [-0.39, 0.29) is 16.6 Å². The first-order valence-corrected chi connectivity index (χ1v) is 12.0. The van der Waals surface area contributed by atoms with Gasteiger partial charge in [0, 0.05) is 18.3 Å². The number of hydrogen-bond acceptors (Lipinski definition) is 5. The maximum atomic E-state index is 13.0. The Bertz CT molecular complexity index is 1240. The lowest BCUT2D eigenvalue weighted by Crippen LogP contribution is -2.34. The van der Waals surface area contributed by atoms with Crippen LogP contribution >= 0.6 is 0 Å². The molecule has 0 spiro atoms. The highest BCUT2D eigenvalue weighted by Crippen LogP contribution is 2.48. The molecule has 3 aromatic carbocycles. The Morgan fingerprint density at radius 1 is 0.939 bits per heavy atom. The van der Waals surface area contributed by atoms with E-state index in [1.165, 1.54) is 20.3 Å². The second-order valence-corrected chi connectivity index (χ2v) is 9.60. The molecule has 0 saturated heterocycles. The van der Waals surface area contributed by atoms with Crippen LogP contribution in [0.1, 0.15) is 24.0 Å². The molecule has 1 aliphatic carbocycles. The van der Waals surface area contributed by atoms with Gasteiger partial charge in [-0.2, -0.15) is 0 Å². The first-order chi connectivity index (χ1) is 15.9. The van der Waals surface area contributed by atoms with Crippen LogP contribution in [0.2, 0.25) is 0 Å². The minimum absolute atomic E-state index is 0.0131. The number of rotatable bonds is 9. The lowest BCUT2D eigenvalue weighted by atomic mass is 9.94. The van der Waals surface area contributed by atoms with Crippen LogP contribution in [0.15, 0.2) is 77.7 Å². The molecule has 0 heterocycles. The number of sulfonamides is 1. The molecule has 0 atom stereocenters. The van der Waals surface area contributed by atoms with E-state index >= 15 is 0 Å². The summed E-state index contributed by atoms with van der Waals surface area (Å²) >= 11 is 0. The quantitative estimate of drug-likeness (QED) is 0.500. The van der Waals surface area contributed by atoms with Crippen LogP contribution in [0.3, 0.4) is 0 Å². The fourth-order valence-electron chi connectivity index (χ4n) is 3.78. The summed E-state index contributed by atoms with van der Waals surface area (Å²) in [5, 5.41) is 3.02. The minimum atomic E-state index is -3.91. The molecule has 0 aliphatic heterocycles. The van der Waals surface area contributed by atoms with Crippen molar-refractivity contribution in [2.45, 2.75) is 29.7 Å². The van der Waals surface area contributed by atoms with Crippen LogP contribution in [0.25, 0.3) is 0 Å². The second-order valence-electron chi connectivity index (χ2n) is 7.95. The van der Waals surface area contributed by atoms with Gasteiger partial charge in [0.05, 0.1) is 19.6 Å². The van der Waals surface area contributed by atoms with Crippen LogP contribution in [-0.2, 0) is 26.8 Å². The van der Waals surface area contributed by atoms with Crippen LogP contribution in [0.4, 0.5) is 5.69 Å². The van der Waals surface area contributed by atoms with Crippen molar-refractivity contribution in [1.29, 1.82) is 0 Å². The molecule has 3 aromatic rings. The van der Waals surface area contributed by atoms with E-state index in [4.69, 9.17) is 9.47 Å². The zero-order valence-electron chi connectivity index (χ0n) is 18.5. The molecular formula is C25H26N2O5S. The predicted molar refractivity (Wildman–Crippen MR) is 126 cm³/mol. The van der Waals surface area contributed by atoms with Crippen LogP contribution in [0, 0.1) is 0 Å². The highest BCUT2D eigenvalue weighted by Gasteiger charge is 2.51. The predicted octanol–water partition coefficient (Wildman–Crippen LogP) is 3.85. The van der Waals surface area contributed by atoms with Gasteiger partial charge in [-0.05, 0) is 48.2 Å². The lowest BCUT2D eigenvalue weighted by molar-refractivity contribution is -0.123. The first-order valence-electron chi connectivity index (χ1n) is 10.6. The van der Waals surface area contributed by atoms with Crippen molar-refractivity contribution in [2.24, 2.45) is 0 Å². The summed E-state index contributed by atoms with van der Waals surface area (Å²) in [6.45, 7) is 0.474. The number of benzene rings is 3. The summed E-state index contributed by atoms with van der Waals surface area (Å²) in [4.78, 5) is 12.9. The fraction of sp³-hybridized carbons (Fsp3) is 0.240. The average Bonchev–Trinajstić information content (AvgIpc) is 3.65. The largest absolute Gasteiger partial charge is 0.497 e. The summed E-state index contributed by atoms with van der Waals surface area (Å²) in [5.41, 5.74) is 1.75. The molecule has 4 rings (SSSR count). The minimum Gasteiger partial charge on any atom is -0.497 e. The zero-order chi connectivity index (χ0) is 23.5. The summed E-state index contributed by atoms with van der Waals surface area (Å²) in [6, 6.07) is 21.3. The molecule has 2 N–H and O–H groups in total. The van der Waals surface area contributed by atoms with Crippen molar-refractivity contribution in [1.82, 2.24) is 5.32 Å². The van der Waals surface area contributed by atoms with Gasteiger partial charge in [-0.3, -0.25) is 9.52 Å². The number of carbonyl (C=O) groups excluding carboxylic acids is 1. The average molecular weight is 467 g/mol. The Labute approximate surface area is 193 Å². The van der Waals surface area contributed by atoms with E-state index < -0.39 is 15.4 Å². The Kier molecular flexibility index (Phi) is 6.29. The molecule has 8 heteroatoms. The molecule has 0 unspecified atom stereocenters. The highest BCUT2D eigenvalue weighted by atomic mass is 32.2. The number of ether oxygens (including phenoxy) is 2. The van der Waals surface area contributed by atoms with Crippen molar-refractivity contribution >= 4 is 21.6 Å². The molecule has 7 nitrogen and oxygen atoms in total. The highest BCUT2D eigenvalue weighted by molar-refractivity contribution is 7.92. The van der Waals surface area contributed by atoms with Gasteiger partial charge in [0.2, 0.25) is 5.91 Å². The molecule has 1 amide bonds. The van der Waals surface area contributed by atoms with Crippen molar-refractivity contribution < 1.29 is 22.7 Å². The topological polar surface area (TPSA) is 93.7 Å². The molecule has 1 saturated carbocycles. The Morgan fingerprint density at radius 2 is 1.64 bits per heavy atom. The van der Waals surface area contributed by atoms with Crippen LogP contribution < -0.4 is 19.5 Å². The number of amides is 1. The number of nitrogens with one attached hydrogen (secondary N) is 2. The lowest BCUT2D eigenvalue weighted by Gasteiger charge is -2.17. The second kappa shape index (κ2) is 9.15. The molecule has 33 heavy (non-hydrogen) atoms. The SMILES string of the molecule is COc1ccc(OC)c(S(=O)(=O)Nc2ccc(C3(C(=O)NCc4ccccc4)CC3)cc2)c1. The summed E-state index contributed by atoms with van der Waals surface area (Å²) in [6.07, 6.45) is 1.53. The standard InChI is InChI=1S/C25H26N2O5S/c1-31-21-12-13-22(32-2)23(16-21)33(29,30)27-20-10-8-19(9-11-20)25(14-15-25)24(28)26-17-18-6-4-3-5-7-18/h3-13,16,27H,14-15,17H2,1-2H3,(H,26,28). The molecule has 1 aliphatic rings. The number of anilines is 1. The maximum absolute atomic E-state index is 13.0. The van der Waals surface area contributed by atoms with Crippen molar-refractivity contribution in [2.75, 3.05) is 18.9 Å². The smallest absolute Gasteiger partial charge is 0.265 e. The van der Waals surface area contributed by atoms with Gasteiger partial charge in [0.15, 0.2) is 0 Å². The number of carbonyl (C=O) groups is 1. The van der Waals surface area contributed by atoms with E-state index in [9.17, 15) is 13.2 Å². The van der Waals surface area contributed by atoms with E-state index in [0.717, 1.165) is 24.0 Å². The maximum Gasteiger partial charge on any atom is 0.265 e. The van der Waals surface area contributed by atoms with Gasteiger partial charge in [0.25, 0.3) is 10.0 Å². The van der Waals surface area contributed by atoms with Gasteiger partial charge in [0.1, 0.15) is 16.4 Å². The number of methoxy groups -OCH3 is 2. The molecule has 172 valence electrons. The Balaban J connectivity index is 1.48. The summed E-state index contributed by atoms with van der Waals surface area (Å²) in [5.74, 6) is 0.608. The van der Waals surface area contributed by atoms with Crippen LogP contribution in [0.5, 0.6) is 11.5 Å². The molecular weight excluding hydrogens is 440 g/mol. The van der Waals surface area contributed by atoms with Gasteiger partial charge >= 0.3 is 0 Å². The summed E-state index contributed by atoms with van der Waals surface area (Å²) < 4.78 is 38.8. The molecule has 0 bridgehead atoms. The van der Waals surface area contributed by atoms with E-state index in [1.54, 1.807) is 36.4 Å². The Morgan fingerprint density at radius 3 is 2.24 bits per heavy atom. The molecule has 1 fully saturated rings. The van der Waals surface area contributed by atoms with Gasteiger partial charge in [-0.1, -0.05) is 42.5 Å². The molecule has 0 radical (unpaired) electrons. The van der Waals surface area contributed by atoms with Gasteiger partial charge in [-0.15, -0.1) is 0 Å². The van der Waals surface area contributed by atoms with Crippen molar-refractivity contribution in [3.63, 3.8) is 0 Å². The number of hydrogen-bond donors (Lipinski definition) is 2. The third-order valence-corrected chi connectivity index (χ3v) is 7.23. The summed E-state index contributed by atoms with van der Waals surface area (Å²) in [7, 11) is -1.03. The van der Waals surface area contributed by atoms with Gasteiger partial charge in [-0.25, -0.2) is 8.42 Å². The van der Waals surface area contributed by atoms with Gasteiger partial charge < -0.3 is 14.8 Å². The van der Waals surface area contributed by atoms with Crippen LogP contribution in [-0.4, -0.2) is 28.5 Å².